The predicted molar refractivity (Wildman–Crippen MR) is 120 cm³/mol. The van der Waals surface area contributed by atoms with Crippen LogP contribution in [0.4, 0.5) is 5.69 Å². The number of halogens is 1. The molecule has 0 spiro atoms. The van der Waals surface area contributed by atoms with Crippen LogP contribution in [0, 0.1) is 21.8 Å². The summed E-state index contributed by atoms with van der Waals surface area (Å²) in [7, 11) is 0. The Labute approximate surface area is 179 Å². The SMILES string of the molecule is CCCOc1c(I)cc(/C=C(/C#N)C(=O)Nc2ccccc2C)cc1OCC. The standard InChI is InChI=1S/C22H23IN2O3/c1-4-10-28-21-18(23)12-16(13-20(21)27-5-2)11-17(14-24)22(26)25-19-9-7-6-8-15(19)3/h6-9,11-13H,4-5,10H2,1-3H3,(H,25,26)/b17-11-. The zero-order valence-electron chi connectivity index (χ0n) is 16.2. The normalized spacial score (nSPS) is 10.9. The van der Waals surface area contributed by atoms with Crippen LogP contribution in [0.2, 0.25) is 0 Å². The summed E-state index contributed by atoms with van der Waals surface area (Å²) in [5, 5.41) is 12.3. The van der Waals surface area contributed by atoms with E-state index in [4.69, 9.17) is 9.47 Å². The Kier molecular flexibility index (Phi) is 8.33. The highest BCUT2D eigenvalue weighted by molar-refractivity contribution is 14.1. The minimum Gasteiger partial charge on any atom is -0.490 e. The molecule has 146 valence electrons. The lowest BCUT2D eigenvalue weighted by molar-refractivity contribution is -0.112. The molecular formula is C22H23IN2O3. The van der Waals surface area contributed by atoms with E-state index in [1.54, 1.807) is 18.2 Å². The molecule has 0 fully saturated rings. The molecule has 2 rings (SSSR count). The van der Waals surface area contributed by atoms with E-state index in [9.17, 15) is 10.1 Å². The number of aryl methyl sites for hydroxylation is 1. The minimum atomic E-state index is -0.448. The highest BCUT2D eigenvalue weighted by Gasteiger charge is 2.14. The van der Waals surface area contributed by atoms with Crippen molar-refractivity contribution in [3.63, 3.8) is 0 Å². The number of rotatable bonds is 8. The second-order valence-electron chi connectivity index (χ2n) is 6.05. The Morgan fingerprint density at radius 3 is 2.64 bits per heavy atom. The molecule has 5 nitrogen and oxygen atoms in total. The number of nitriles is 1. The molecule has 0 atom stereocenters. The highest BCUT2D eigenvalue weighted by atomic mass is 127. The van der Waals surface area contributed by atoms with Crippen LogP contribution in [0.25, 0.3) is 6.08 Å². The van der Waals surface area contributed by atoms with Crippen LogP contribution in [0.1, 0.15) is 31.4 Å². The van der Waals surface area contributed by atoms with Gasteiger partial charge in [0.2, 0.25) is 0 Å². The summed E-state index contributed by atoms with van der Waals surface area (Å²) >= 11 is 2.17. The molecule has 0 aromatic heterocycles. The van der Waals surface area contributed by atoms with Crippen LogP contribution >= 0.6 is 22.6 Å². The molecule has 0 bridgehead atoms. The third kappa shape index (κ3) is 5.73. The number of nitrogens with zero attached hydrogens (tertiary/aromatic N) is 1. The van der Waals surface area contributed by atoms with Crippen molar-refractivity contribution in [1.29, 1.82) is 5.26 Å². The van der Waals surface area contributed by atoms with Crippen molar-refractivity contribution in [1.82, 2.24) is 0 Å². The number of hydrogen-bond acceptors (Lipinski definition) is 4. The van der Waals surface area contributed by atoms with Gasteiger partial charge >= 0.3 is 0 Å². The van der Waals surface area contributed by atoms with E-state index >= 15 is 0 Å². The predicted octanol–water partition coefficient (Wildman–Crippen LogP) is 5.33. The maximum Gasteiger partial charge on any atom is 0.266 e. The number of anilines is 1. The van der Waals surface area contributed by atoms with E-state index < -0.39 is 5.91 Å². The van der Waals surface area contributed by atoms with Gasteiger partial charge in [-0.3, -0.25) is 4.79 Å². The lowest BCUT2D eigenvalue weighted by Gasteiger charge is -2.14. The second-order valence-corrected chi connectivity index (χ2v) is 7.21. The summed E-state index contributed by atoms with van der Waals surface area (Å²) in [5.74, 6) is 0.839. The first-order chi connectivity index (χ1) is 13.5. The van der Waals surface area contributed by atoms with Gasteiger partial charge in [-0.15, -0.1) is 0 Å². The van der Waals surface area contributed by atoms with Crippen LogP contribution in [0.3, 0.4) is 0 Å². The zero-order valence-corrected chi connectivity index (χ0v) is 18.4. The van der Waals surface area contributed by atoms with E-state index in [2.05, 4.69) is 27.9 Å². The molecule has 0 radical (unpaired) electrons. The van der Waals surface area contributed by atoms with Gasteiger partial charge in [-0.25, -0.2) is 0 Å². The Morgan fingerprint density at radius 2 is 2.00 bits per heavy atom. The number of carbonyl (C=O) groups excluding carboxylic acids is 1. The van der Waals surface area contributed by atoms with Crippen molar-refractivity contribution in [2.24, 2.45) is 0 Å². The van der Waals surface area contributed by atoms with Crippen LogP contribution in [0.5, 0.6) is 11.5 Å². The minimum absolute atomic E-state index is 0.0173. The number of amides is 1. The van der Waals surface area contributed by atoms with E-state index in [1.165, 1.54) is 0 Å². The fourth-order valence-corrected chi connectivity index (χ4v) is 3.28. The zero-order chi connectivity index (χ0) is 20.5. The van der Waals surface area contributed by atoms with Gasteiger partial charge in [-0.2, -0.15) is 5.26 Å². The van der Waals surface area contributed by atoms with Crippen molar-refractivity contribution in [3.05, 3.63) is 56.7 Å². The first-order valence-corrected chi connectivity index (χ1v) is 10.2. The van der Waals surface area contributed by atoms with E-state index in [1.807, 2.05) is 51.1 Å². The van der Waals surface area contributed by atoms with Crippen molar-refractivity contribution >= 4 is 40.3 Å². The smallest absolute Gasteiger partial charge is 0.266 e. The van der Waals surface area contributed by atoms with Crippen molar-refractivity contribution in [3.8, 4) is 17.6 Å². The van der Waals surface area contributed by atoms with Crippen molar-refractivity contribution in [2.45, 2.75) is 27.2 Å². The summed E-state index contributed by atoms with van der Waals surface area (Å²) in [5.41, 5.74) is 2.33. The molecule has 2 aromatic rings. The number of ether oxygens (including phenoxy) is 2. The summed E-state index contributed by atoms with van der Waals surface area (Å²) in [6.45, 7) is 6.92. The third-order valence-electron chi connectivity index (χ3n) is 3.85. The summed E-state index contributed by atoms with van der Waals surface area (Å²) in [6.07, 6.45) is 2.45. The Bertz CT molecular complexity index is 916. The number of para-hydroxylation sites is 1. The molecule has 28 heavy (non-hydrogen) atoms. The van der Waals surface area contributed by atoms with Crippen LogP contribution in [0.15, 0.2) is 42.0 Å². The van der Waals surface area contributed by atoms with Gasteiger partial charge < -0.3 is 14.8 Å². The van der Waals surface area contributed by atoms with Gasteiger partial charge in [0.15, 0.2) is 11.5 Å². The Balaban J connectivity index is 2.33. The quantitative estimate of drug-likeness (QED) is 0.309. The fraction of sp³-hybridized carbons (Fsp3) is 0.273. The van der Waals surface area contributed by atoms with Gasteiger partial charge in [-0.1, -0.05) is 25.1 Å². The average molecular weight is 490 g/mol. The largest absolute Gasteiger partial charge is 0.490 e. The molecule has 0 aliphatic carbocycles. The van der Waals surface area contributed by atoms with Gasteiger partial charge in [-0.05, 0) is 78.3 Å². The molecule has 0 aliphatic rings. The highest BCUT2D eigenvalue weighted by Crippen LogP contribution is 2.35. The van der Waals surface area contributed by atoms with E-state index in [0.717, 1.165) is 15.6 Å². The molecule has 6 heteroatoms. The molecular weight excluding hydrogens is 467 g/mol. The van der Waals surface area contributed by atoms with Gasteiger partial charge in [0.1, 0.15) is 11.6 Å². The van der Waals surface area contributed by atoms with E-state index in [0.29, 0.717) is 36.0 Å². The van der Waals surface area contributed by atoms with Gasteiger partial charge in [0.25, 0.3) is 5.91 Å². The summed E-state index contributed by atoms with van der Waals surface area (Å²) in [4.78, 5) is 12.5. The Morgan fingerprint density at radius 1 is 1.25 bits per heavy atom. The van der Waals surface area contributed by atoms with Gasteiger partial charge in [0, 0.05) is 5.69 Å². The van der Waals surface area contributed by atoms with Crippen LogP contribution in [-0.2, 0) is 4.79 Å². The first-order valence-electron chi connectivity index (χ1n) is 9.08. The molecule has 2 aromatic carbocycles. The first kappa shape index (κ1) is 21.8. The Hall–Kier alpha value is -2.53. The molecule has 0 saturated heterocycles. The second kappa shape index (κ2) is 10.7. The average Bonchev–Trinajstić information content (AvgIpc) is 2.67. The lowest BCUT2D eigenvalue weighted by atomic mass is 10.1. The fourth-order valence-electron chi connectivity index (χ4n) is 2.50. The number of carbonyl (C=O) groups is 1. The maximum atomic E-state index is 12.5. The van der Waals surface area contributed by atoms with Crippen LogP contribution in [-0.4, -0.2) is 19.1 Å². The number of benzene rings is 2. The molecule has 0 heterocycles. The summed E-state index contributed by atoms with van der Waals surface area (Å²) in [6, 6.07) is 13.1. The van der Waals surface area contributed by atoms with Crippen molar-refractivity contribution < 1.29 is 14.3 Å². The lowest BCUT2D eigenvalue weighted by Crippen LogP contribution is -2.14. The van der Waals surface area contributed by atoms with Crippen LogP contribution < -0.4 is 14.8 Å². The third-order valence-corrected chi connectivity index (χ3v) is 4.65. The molecule has 0 saturated carbocycles. The van der Waals surface area contributed by atoms with E-state index in [-0.39, 0.29) is 5.57 Å². The molecule has 1 amide bonds. The maximum absolute atomic E-state index is 12.5. The topological polar surface area (TPSA) is 71.3 Å². The molecule has 1 N–H and O–H groups in total. The molecule has 0 aliphatic heterocycles. The number of nitrogens with one attached hydrogen (secondary N) is 1. The van der Waals surface area contributed by atoms with Crippen molar-refractivity contribution in [2.75, 3.05) is 18.5 Å². The number of hydrogen-bond donors (Lipinski definition) is 1. The molecule has 0 unspecified atom stereocenters. The monoisotopic (exact) mass is 490 g/mol. The summed E-state index contributed by atoms with van der Waals surface area (Å²) < 4.78 is 12.4. The van der Waals surface area contributed by atoms with Gasteiger partial charge in [0.05, 0.1) is 16.8 Å².